The number of nitrogens with zero attached hydrogens (tertiary/aromatic N) is 1. The molecule has 0 bridgehead atoms. The van der Waals surface area contributed by atoms with Crippen LogP contribution < -0.4 is 11.1 Å². The summed E-state index contributed by atoms with van der Waals surface area (Å²) in [7, 11) is 1.57. The molecule has 1 aromatic carbocycles. The molecule has 5 heteroatoms. The lowest BCUT2D eigenvalue weighted by molar-refractivity contribution is -0.137. The summed E-state index contributed by atoms with van der Waals surface area (Å²) >= 11 is 0. The Hall–Kier alpha value is -2.14. The molecule has 1 saturated heterocycles. The second-order valence-corrected chi connectivity index (χ2v) is 5.19. The summed E-state index contributed by atoms with van der Waals surface area (Å²) in [5, 5.41) is 2.59. The van der Waals surface area contributed by atoms with E-state index in [2.05, 4.69) is 5.32 Å². The van der Waals surface area contributed by atoms with E-state index < -0.39 is 6.04 Å². The standard InChI is InChI=1S/C16H21N3O2/c1-18-16(21)14-10-13(17)11-19(14)15(20)9-5-8-12-6-3-2-4-7-12/h2-8,13-14H,9-11,17H2,1H3,(H,18,21)/b8-5+/t13-,14-/m0/s1. The number of amides is 2. The van der Waals surface area contributed by atoms with Gasteiger partial charge in [-0.3, -0.25) is 9.59 Å². The maximum Gasteiger partial charge on any atom is 0.242 e. The van der Waals surface area contributed by atoms with Crippen LogP contribution in [0.1, 0.15) is 18.4 Å². The highest BCUT2D eigenvalue weighted by atomic mass is 16.2. The number of hydrogen-bond donors (Lipinski definition) is 2. The SMILES string of the molecule is CNC(=O)[C@@H]1C[C@H](N)CN1C(=O)C/C=C/c1ccccc1. The molecule has 1 aromatic rings. The van der Waals surface area contributed by atoms with Gasteiger partial charge in [0.1, 0.15) is 6.04 Å². The van der Waals surface area contributed by atoms with Crippen LogP contribution in [0, 0.1) is 0 Å². The number of hydrogen-bond acceptors (Lipinski definition) is 3. The van der Waals surface area contributed by atoms with Crippen molar-refractivity contribution in [3.8, 4) is 0 Å². The lowest BCUT2D eigenvalue weighted by Gasteiger charge is -2.22. The lowest BCUT2D eigenvalue weighted by Crippen LogP contribution is -2.44. The minimum Gasteiger partial charge on any atom is -0.357 e. The number of likely N-dealkylation sites (tertiary alicyclic amines) is 1. The molecule has 1 heterocycles. The Kier molecular flexibility index (Phi) is 5.11. The summed E-state index contributed by atoms with van der Waals surface area (Å²) < 4.78 is 0. The molecule has 3 N–H and O–H groups in total. The van der Waals surface area contributed by atoms with Gasteiger partial charge < -0.3 is 16.0 Å². The highest BCUT2D eigenvalue weighted by Crippen LogP contribution is 2.18. The van der Waals surface area contributed by atoms with Crippen LogP contribution in [0.4, 0.5) is 0 Å². The summed E-state index contributed by atoms with van der Waals surface area (Å²) in [4.78, 5) is 25.6. The van der Waals surface area contributed by atoms with Gasteiger partial charge in [-0.1, -0.05) is 42.5 Å². The lowest BCUT2D eigenvalue weighted by atomic mass is 10.1. The first-order valence-electron chi connectivity index (χ1n) is 7.10. The van der Waals surface area contributed by atoms with Gasteiger partial charge in [0, 0.05) is 26.1 Å². The Morgan fingerprint density at radius 2 is 2.10 bits per heavy atom. The van der Waals surface area contributed by atoms with Crippen molar-refractivity contribution >= 4 is 17.9 Å². The fourth-order valence-electron chi connectivity index (χ4n) is 2.54. The number of benzene rings is 1. The number of carbonyl (C=O) groups excluding carboxylic acids is 2. The van der Waals surface area contributed by atoms with Crippen LogP contribution in [0.5, 0.6) is 0 Å². The molecule has 0 aliphatic carbocycles. The molecule has 1 aliphatic heterocycles. The van der Waals surface area contributed by atoms with Gasteiger partial charge in [-0.25, -0.2) is 0 Å². The first-order valence-corrected chi connectivity index (χ1v) is 7.10. The van der Waals surface area contributed by atoms with Crippen molar-refractivity contribution in [1.29, 1.82) is 0 Å². The fraction of sp³-hybridized carbons (Fsp3) is 0.375. The molecule has 0 spiro atoms. The number of nitrogens with one attached hydrogen (secondary N) is 1. The number of rotatable bonds is 4. The smallest absolute Gasteiger partial charge is 0.242 e. The van der Waals surface area contributed by atoms with E-state index in [1.165, 1.54) is 0 Å². The van der Waals surface area contributed by atoms with Crippen LogP contribution in [-0.2, 0) is 9.59 Å². The maximum atomic E-state index is 12.3. The highest BCUT2D eigenvalue weighted by Gasteiger charge is 2.36. The van der Waals surface area contributed by atoms with Crippen molar-refractivity contribution in [3.05, 3.63) is 42.0 Å². The minimum atomic E-state index is -0.442. The van der Waals surface area contributed by atoms with Crippen LogP contribution in [-0.4, -0.2) is 42.4 Å². The van der Waals surface area contributed by atoms with Crippen molar-refractivity contribution < 1.29 is 9.59 Å². The first-order chi connectivity index (χ1) is 10.1. The van der Waals surface area contributed by atoms with Gasteiger partial charge in [-0.05, 0) is 12.0 Å². The number of nitrogens with two attached hydrogens (primary N) is 1. The largest absolute Gasteiger partial charge is 0.357 e. The zero-order valence-electron chi connectivity index (χ0n) is 12.2. The third-order valence-corrected chi connectivity index (χ3v) is 3.61. The first kappa shape index (κ1) is 15.3. The van der Waals surface area contributed by atoms with Crippen molar-refractivity contribution in [2.45, 2.75) is 24.9 Å². The van der Waals surface area contributed by atoms with E-state index in [0.29, 0.717) is 13.0 Å². The predicted molar refractivity (Wildman–Crippen MR) is 82.3 cm³/mol. The van der Waals surface area contributed by atoms with E-state index in [4.69, 9.17) is 5.73 Å². The Morgan fingerprint density at radius 1 is 1.38 bits per heavy atom. The van der Waals surface area contributed by atoms with Crippen LogP contribution >= 0.6 is 0 Å². The van der Waals surface area contributed by atoms with Gasteiger partial charge in [-0.2, -0.15) is 0 Å². The number of likely N-dealkylation sites (N-methyl/N-ethyl adjacent to an activating group) is 1. The van der Waals surface area contributed by atoms with E-state index in [-0.39, 0.29) is 24.3 Å². The molecule has 2 atom stereocenters. The number of carbonyl (C=O) groups is 2. The van der Waals surface area contributed by atoms with Crippen molar-refractivity contribution in [3.63, 3.8) is 0 Å². The molecule has 112 valence electrons. The van der Waals surface area contributed by atoms with Crippen LogP contribution in [0.2, 0.25) is 0 Å². The average molecular weight is 287 g/mol. The third kappa shape index (κ3) is 3.92. The van der Waals surface area contributed by atoms with E-state index in [9.17, 15) is 9.59 Å². The molecule has 1 fully saturated rings. The van der Waals surface area contributed by atoms with Gasteiger partial charge in [-0.15, -0.1) is 0 Å². The molecule has 0 saturated carbocycles. The molecular weight excluding hydrogens is 266 g/mol. The molecule has 0 radical (unpaired) electrons. The van der Waals surface area contributed by atoms with Gasteiger partial charge in [0.05, 0.1) is 0 Å². The van der Waals surface area contributed by atoms with Gasteiger partial charge >= 0.3 is 0 Å². The van der Waals surface area contributed by atoms with E-state index in [1.807, 2.05) is 42.5 Å². The summed E-state index contributed by atoms with van der Waals surface area (Å²) in [6.07, 6.45) is 4.52. The predicted octanol–water partition coefficient (Wildman–Crippen LogP) is 0.764. The molecule has 5 nitrogen and oxygen atoms in total. The average Bonchev–Trinajstić information content (AvgIpc) is 2.89. The second kappa shape index (κ2) is 7.04. The quantitative estimate of drug-likeness (QED) is 0.858. The summed E-state index contributed by atoms with van der Waals surface area (Å²) in [5.74, 6) is -0.216. The van der Waals surface area contributed by atoms with Crippen molar-refractivity contribution in [1.82, 2.24) is 10.2 Å². The summed E-state index contributed by atoms with van der Waals surface area (Å²) in [5.41, 5.74) is 6.92. The molecule has 21 heavy (non-hydrogen) atoms. The van der Waals surface area contributed by atoms with Crippen molar-refractivity contribution in [2.24, 2.45) is 5.73 Å². The molecular formula is C16H21N3O2. The summed E-state index contributed by atoms with van der Waals surface area (Å²) in [6, 6.07) is 9.21. The minimum absolute atomic E-state index is 0.0660. The molecule has 0 unspecified atom stereocenters. The molecule has 2 rings (SSSR count). The highest BCUT2D eigenvalue weighted by molar-refractivity contribution is 5.89. The molecule has 1 aliphatic rings. The summed E-state index contributed by atoms with van der Waals surface area (Å²) in [6.45, 7) is 0.441. The zero-order valence-corrected chi connectivity index (χ0v) is 12.2. The van der Waals surface area contributed by atoms with Crippen LogP contribution in [0.3, 0.4) is 0 Å². The normalized spacial score (nSPS) is 21.7. The van der Waals surface area contributed by atoms with E-state index in [1.54, 1.807) is 11.9 Å². The topological polar surface area (TPSA) is 75.4 Å². The zero-order chi connectivity index (χ0) is 15.2. The maximum absolute atomic E-state index is 12.3. The van der Waals surface area contributed by atoms with Crippen LogP contribution in [0.15, 0.2) is 36.4 Å². The Bertz CT molecular complexity index is 528. The third-order valence-electron chi connectivity index (χ3n) is 3.61. The second-order valence-electron chi connectivity index (χ2n) is 5.19. The van der Waals surface area contributed by atoms with Gasteiger partial charge in [0.25, 0.3) is 0 Å². The molecule has 0 aromatic heterocycles. The monoisotopic (exact) mass is 287 g/mol. The Balaban J connectivity index is 1.96. The van der Waals surface area contributed by atoms with E-state index >= 15 is 0 Å². The Morgan fingerprint density at radius 3 is 2.76 bits per heavy atom. The van der Waals surface area contributed by atoms with Gasteiger partial charge in [0.2, 0.25) is 11.8 Å². The van der Waals surface area contributed by atoms with Gasteiger partial charge in [0.15, 0.2) is 0 Å². The van der Waals surface area contributed by atoms with Crippen LogP contribution in [0.25, 0.3) is 6.08 Å². The fourth-order valence-corrected chi connectivity index (χ4v) is 2.54. The molecule has 2 amide bonds. The van der Waals surface area contributed by atoms with E-state index in [0.717, 1.165) is 5.56 Å². The Labute approximate surface area is 124 Å². The van der Waals surface area contributed by atoms with Crippen molar-refractivity contribution in [2.75, 3.05) is 13.6 Å².